The minimum atomic E-state index is -3.78. The van der Waals surface area contributed by atoms with Crippen LogP contribution in [0.2, 0.25) is 0 Å². The third-order valence-corrected chi connectivity index (χ3v) is 8.00. The van der Waals surface area contributed by atoms with Gasteiger partial charge in [-0.2, -0.15) is 5.10 Å². The number of anilines is 1. The number of hydrogen-bond donors (Lipinski definition) is 1. The number of halogens is 1. The molecule has 5 rings (SSSR count). The lowest BCUT2D eigenvalue weighted by atomic mass is 10.1. The number of amides is 1. The van der Waals surface area contributed by atoms with Crippen molar-refractivity contribution in [3.8, 4) is 11.5 Å². The number of nitrogens with zero attached hydrogens (tertiary/aromatic N) is 5. The molecule has 10 nitrogen and oxygen atoms in total. The second-order valence-corrected chi connectivity index (χ2v) is 12.8. The molecule has 216 valence electrons. The van der Waals surface area contributed by atoms with Crippen molar-refractivity contribution in [2.45, 2.75) is 50.3 Å². The quantitative estimate of drug-likeness (QED) is 0.256. The van der Waals surface area contributed by atoms with Crippen LogP contribution >= 0.6 is 0 Å². The third-order valence-electron chi connectivity index (χ3n) is 6.39. The number of rotatable bonds is 8. The first kappa shape index (κ1) is 28.8. The molecule has 0 saturated heterocycles. The maximum absolute atomic E-state index is 15.3. The molecule has 12 heteroatoms. The molecule has 0 fully saturated rings. The van der Waals surface area contributed by atoms with Crippen LogP contribution in [-0.4, -0.2) is 39.1 Å². The minimum absolute atomic E-state index is 0.0342. The van der Waals surface area contributed by atoms with Crippen LogP contribution < -0.4 is 10.1 Å². The molecule has 0 radical (unpaired) electrons. The summed E-state index contributed by atoms with van der Waals surface area (Å²) in [7, 11) is -3.78. The van der Waals surface area contributed by atoms with Crippen molar-refractivity contribution in [2.24, 2.45) is 0 Å². The number of aromatic nitrogens is 5. The second-order valence-electron chi connectivity index (χ2n) is 10.8. The van der Waals surface area contributed by atoms with Crippen molar-refractivity contribution >= 4 is 32.3 Å². The Morgan fingerprint density at radius 1 is 1.05 bits per heavy atom. The molecule has 0 spiro atoms. The van der Waals surface area contributed by atoms with Gasteiger partial charge in [-0.15, -0.1) is 0 Å². The molecular weight excluding hydrogens is 559 g/mol. The highest BCUT2D eigenvalue weighted by molar-refractivity contribution is 7.90. The molecule has 3 aromatic heterocycles. The summed E-state index contributed by atoms with van der Waals surface area (Å²) >= 11 is 0. The van der Waals surface area contributed by atoms with E-state index in [4.69, 9.17) is 4.74 Å². The van der Waals surface area contributed by atoms with E-state index in [2.05, 4.69) is 25.4 Å². The van der Waals surface area contributed by atoms with E-state index in [1.807, 2.05) is 20.8 Å². The fourth-order valence-corrected chi connectivity index (χ4v) is 5.56. The molecule has 0 unspecified atom stereocenters. The molecule has 1 amide bonds. The van der Waals surface area contributed by atoms with E-state index in [-0.39, 0.29) is 45.8 Å². The van der Waals surface area contributed by atoms with Crippen LogP contribution in [0.3, 0.4) is 0 Å². The summed E-state index contributed by atoms with van der Waals surface area (Å²) in [5.74, 6) is -0.983. The molecule has 0 aliphatic heterocycles. The summed E-state index contributed by atoms with van der Waals surface area (Å²) in [5.41, 5.74) is 1.73. The molecule has 0 aliphatic rings. The number of benzene rings is 2. The van der Waals surface area contributed by atoms with Crippen molar-refractivity contribution < 1.29 is 22.3 Å². The third kappa shape index (κ3) is 6.44. The number of aryl methyl sites for hydroxylation is 1. The van der Waals surface area contributed by atoms with Gasteiger partial charge in [0.1, 0.15) is 17.3 Å². The molecule has 3 heterocycles. The lowest BCUT2D eigenvalue weighted by molar-refractivity contribution is -0.115. The number of fused-ring (bicyclic) bond motifs is 1. The number of sulfone groups is 1. The van der Waals surface area contributed by atoms with Crippen LogP contribution in [0.4, 0.5) is 10.1 Å². The van der Waals surface area contributed by atoms with Crippen molar-refractivity contribution in [1.82, 2.24) is 24.7 Å². The Labute approximate surface area is 242 Å². The summed E-state index contributed by atoms with van der Waals surface area (Å²) < 4.78 is 49.2. The molecule has 0 atom stereocenters. The zero-order valence-corrected chi connectivity index (χ0v) is 24.3. The smallest absolute Gasteiger partial charge is 0.228 e. The van der Waals surface area contributed by atoms with E-state index in [1.54, 1.807) is 42.2 Å². The van der Waals surface area contributed by atoms with Gasteiger partial charge in [0.15, 0.2) is 21.4 Å². The van der Waals surface area contributed by atoms with Crippen LogP contribution in [0.1, 0.15) is 37.7 Å². The Morgan fingerprint density at radius 3 is 2.50 bits per heavy atom. The lowest BCUT2D eigenvalue weighted by Crippen LogP contribution is -2.22. The molecule has 0 saturated carbocycles. The Morgan fingerprint density at radius 2 is 1.81 bits per heavy atom. The van der Waals surface area contributed by atoms with Crippen LogP contribution in [-0.2, 0) is 32.3 Å². The maximum atomic E-state index is 15.3. The number of pyridine rings is 1. The number of nitrogens with one attached hydrogen (secondary N) is 1. The second kappa shape index (κ2) is 11.3. The number of hydrogen-bond acceptors (Lipinski definition) is 8. The zero-order chi connectivity index (χ0) is 30.1. The van der Waals surface area contributed by atoms with Crippen molar-refractivity contribution in [2.75, 3.05) is 5.32 Å². The van der Waals surface area contributed by atoms with Gasteiger partial charge in [0.25, 0.3) is 0 Å². The monoisotopic (exact) mass is 588 g/mol. The lowest BCUT2D eigenvalue weighted by Gasteiger charge is -2.18. The highest BCUT2D eigenvalue weighted by Crippen LogP contribution is 2.34. The predicted molar refractivity (Wildman–Crippen MR) is 155 cm³/mol. The number of ether oxygens (including phenoxy) is 1. The van der Waals surface area contributed by atoms with Crippen molar-refractivity contribution in [3.05, 3.63) is 96.2 Å². The molecule has 0 aliphatic carbocycles. The predicted octanol–water partition coefficient (Wildman–Crippen LogP) is 5.37. The molecule has 42 heavy (non-hydrogen) atoms. The van der Waals surface area contributed by atoms with E-state index >= 15 is 4.39 Å². The highest BCUT2D eigenvalue weighted by atomic mass is 32.2. The Hall–Kier alpha value is -4.71. The van der Waals surface area contributed by atoms with Gasteiger partial charge in [0.05, 0.1) is 34.3 Å². The van der Waals surface area contributed by atoms with Gasteiger partial charge in [-0.1, -0.05) is 6.07 Å². The van der Waals surface area contributed by atoms with E-state index in [1.165, 1.54) is 42.9 Å². The number of carbonyl (C=O) groups excluding carboxylic acids is 1. The van der Waals surface area contributed by atoms with E-state index < -0.39 is 15.7 Å². The number of carbonyl (C=O) groups is 1. The summed E-state index contributed by atoms with van der Waals surface area (Å²) in [6.07, 6.45) is 7.71. The fourth-order valence-electron chi connectivity index (χ4n) is 4.33. The largest absolute Gasteiger partial charge is 0.453 e. The standard InChI is InChI=1S/C30H29FN6O4S/c1-19-12-20(14-28(38)36-21-16-35-37(17-21)30(2,3)4)13-24(31)29(19)41-26-8-11-32-25-7-6-22(15-23(25)26)42(39,40)18-27-33-9-5-10-34-27/h5-13,15-17H,14,18H2,1-4H3,(H,36,38). The van der Waals surface area contributed by atoms with E-state index in [0.29, 0.717) is 27.7 Å². The minimum Gasteiger partial charge on any atom is -0.453 e. The van der Waals surface area contributed by atoms with E-state index in [0.717, 1.165) is 0 Å². The average Bonchev–Trinajstić information content (AvgIpc) is 3.40. The maximum Gasteiger partial charge on any atom is 0.228 e. The van der Waals surface area contributed by atoms with Crippen LogP contribution in [0.15, 0.2) is 78.3 Å². The SMILES string of the molecule is Cc1cc(CC(=O)Nc2cnn(C(C)(C)C)c2)cc(F)c1Oc1ccnc2ccc(S(=O)(=O)Cc3ncccn3)cc12. The van der Waals surface area contributed by atoms with Crippen LogP contribution in [0, 0.1) is 12.7 Å². The van der Waals surface area contributed by atoms with Gasteiger partial charge in [0.2, 0.25) is 5.91 Å². The van der Waals surface area contributed by atoms with Gasteiger partial charge < -0.3 is 10.1 Å². The van der Waals surface area contributed by atoms with Crippen molar-refractivity contribution in [1.29, 1.82) is 0 Å². The van der Waals surface area contributed by atoms with Gasteiger partial charge in [-0.3, -0.25) is 14.5 Å². The highest BCUT2D eigenvalue weighted by Gasteiger charge is 2.20. The molecule has 0 bridgehead atoms. The van der Waals surface area contributed by atoms with Gasteiger partial charge in [-0.25, -0.2) is 22.8 Å². The van der Waals surface area contributed by atoms with E-state index in [9.17, 15) is 13.2 Å². The Balaban J connectivity index is 1.36. The van der Waals surface area contributed by atoms with Crippen LogP contribution in [0.5, 0.6) is 11.5 Å². The van der Waals surface area contributed by atoms with Gasteiger partial charge >= 0.3 is 0 Å². The Kier molecular flexibility index (Phi) is 7.74. The summed E-state index contributed by atoms with van der Waals surface area (Å²) in [6.45, 7) is 7.67. The summed E-state index contributed by atoms with van der Waals surface area (Å²) in [5, 5.41) is 7.45. The first-order chi connectivity index (χ1) is 19.9. The molecule has 5 aromatic rings. The Bertz CT molecular complexity index is 1860. The van der Waals surface area contributed by atoms with Gasteiger partial charge in [0, 0.05) is 30.2 Å². The average molecular weight is 589 g/mol. The molecule has 1 N–H and O–H groups in total. The first-order valence-corrected chi connectivity index (χ1v) is 14.7. The van der Waals surface area contributed by atoms with Crippen LogP contribution in [0.25, 0.3) is 10.9 Å². The normalized spacial score (nSPS) is 11.9. The summed E-state index contributed by atoms with van der Waals surface area (Å²) in [6, 6.07) is 10.5. The summed E-state index contributed by atoms with van der Waals surface area (Å²) in [4.78, 5) is 25.0. The van der Waals surface area contributed by atoms with Gasteiger partial charge in [-0.05, 0) is 75.2 Å². The topological polar surface area (TPSA) is 129 Å². The molecule has 2 aromatic carbocycles. The zero-order valence-electron chi connectivity index (χ0n) is 23.5. The first-order valence-electron chi connectivity index (χ1n) is 13.1. The van der Waals surface area contributed by atoms with Crippen molar-refractivity contribution in [3.63, 3.8) is 0 Å². The fraction of sp³-hybridized carbons (Fsp3) is 0.233. The molecular formula is C30H29FN6O4S.